The average molecular weight is 203 g/mol. The van der Waals surface area contributed by atoms with Gasteiger partial charge in [0.05, 0.1) is 6.54 Å². The lowest BCUT2D eigenvalue weighted by molar-refractivity contribution is -0.133. The van der Waals surface area contributed by atoms with Crippen molar-refractivity contribution < 1.29 is 4.79 Å². The summed E-state index contributed by atoms with van der Waals surface area (Å²) in [6, 6.07) is 10.2. The van der Waals surface area contributed by atoms with E-state index in [2.05, 4.69) is 24.1 Å². The first-order valence-electron chi connectivity index (χ1n) is 5.13. The molecule has 15 heavy (non-hydrogen) atoms. The first kappa shape index (κ1) is 10.2. The van der Waals surface area contributed by atoms with Gasteiger partial charge in [0.2, 0.25) is 5.91 Å². The predicted molar refractivity (Wildman–Crippen MR) is 58.8 cm³/mol. The van der Waals surface area contributed by atoms with Gasteiger partial charge in [0.1, 0.15) is 0 Å². The Hall–Kier alpha value is -1.35. The second-order valence-corrected chi connectivity index (χ2v) is 3.85. The highest BCUT2D eigenvalue weighted by molar-refractivity contribution is 5.79. The number of benzene rings is 1. The zero-order valence-corrected chi connectivity index (χ0v) is 8.72. The molecule has 1 aromatic carbocycles. The number of piperazine rings is 1. The van der Waals surface area contributed by atoms with Crippen molar-refractivity contribution in [3.63, 3.8) is 0 Å². The van der Waals surface area contributed by atoms with Crippen molar-refractivity contribution in [1.82, 2.24) is 9.80 Å². The maximum atomic E-state index is 11.4. The Balaban J connectivity index is 1.94. The van der Waals surface area contributed by atoms with Crippen LogP contribution in [-0.2, 0) is 11.3 Å². The third kappa shape index (κ3) is 2.57. The third-order valence-corrected chi connectivity index (χ3v) is 2.65. The van der Waals surface area contributed by atoms with E-state index in [0.29, 0.717) is 6.54 Å². The van der Waals surface area contributed by atoms with Crippen LogP contribution in [0.5, 0.6) is 0 Å². The minimum Gasteiger partial charge on any atom is -0.339 e. The molecule has 0 unspecified atom stereocenters. The third-order valence-electron chi connectivity index (χ3n) is 2.65. The van der Waals surface area contributed by atoms with Crippen LogP contribution < -0.4 is 0 Å². The van der Waals surface area contributed by atoms with Crippen LogP contribution in [0.2, 0.25) is 0 Å². The lowest BCUT2D eigenvalue weighted by atomic mass is 10.2. The number of hydrogen-bond acceptors (Lipinski definition) is 2. The Kier molecular flexibility index (Phi) is 3.02. The molecule has 0 bridgehead atoms. The molecular weight excluding hydrogens is 188 g/mol. The van der Waals surface area contributed by atoms with Crippen LogP contribution in [-0.4, -0.2) is 35.3 Å². The van der Waals surface area contributed by atoms with Crippen molar-refractivity contribution in [3.05, 3.63) is 42.9 Å². The van der Waals surface area contributed by atoms with Crippen LogP contribution in [0, 0.1) is 7.05 Å². The Morgan fingerprint density at radius 1 is 1.20 bits per heavy atom. The Morgan fingerprint density at radius 3 is 2.60 bits per heavy atom. The van der Waals surface area contributed by atoms with E-state index in [9.17, 15) is 4.79 Å². The molecule has 1 aliphatic heterocycles. The van der Waals surface area contributed by atoms with Gasteiger partial charge in [0.15, 0.2) is 0 Å². The summed E-state index contributed by atoms with van der Waals surface area (Å²) in [5.74, 6) is 0.109. The normalized spacial score (nSPS) is 18.2. The Morgan fingerprint density at radius 2 is 1.93 bits per heavy atom. The zero-order chi connectivity index (χ0) is 10.7. The predicted octanol–water partition coefficient (Wildman–Crippen LogP) is 1.12. The van der Waals surface area contributed by atoms with Gasteiger partial charge in [-0.15, -0.1) is 0 Å². The van der Waals surface area contributed by atoms with Gasteiger partial charge in [0.25, 0.3) is 0 Å². The summed E-state index contributed by atoms with van der Waals surface area (Å²) in [7, 11) is 3.68. The standard InChI is InChI=1S/C12H15N2O/c1-13-7-8-14(10-12(13)15)9-11-5-3-2-4-6-11/h2-6H,1,7-10H2. The number of rotatable bonds is 2. The average Bonchev–Trinajstić information content (AvgIpc) is 2.25. The number of hydrogen-bond donors (Lipinski definition) is 0. The van der Waals surface area contributed by atoms with E-state index in [4.69, 9.17) is 0 Å². The summed E-state index contributed by atoms with van der Waals surface area (Å²) in [5, 5.41) is 0. The fourth-order valence-corrected chi connectivity index (χ4v) is 1.73. The van der Waals surface area contributed by atoms with Gasteiger partial charge < -0.3 is 4.90 Å². The molecule has 3 nitrogen and oxygen atoms in total. The molecule has 1 heterocycles. The second kappa shape index (κ2) is 4.45. The molecule has 0 N–H and O–H groups in total. The van der Waals surface area contributed by atoms with Crippen molar-refractivity contribution in [2.45, 2.75) is 6.54 Å². The van der Waals surface area contributed by atoms with E-state index < -0.39 is 0 Å². The second-order valence-electron chi connectivity index (χ2n) is 3.85. The van der Waals surface area contributed by atoms with Crippen LogP contribution in [0.25, 0.3) is 0 Å². The van der Waals surface area contributed by atoms with Crippen LogP contribution in [0.15, 0.2) is 30.3 Å². The van der Waals surface area contributed by atoms with Gasteiger partial charge in [-0.1, -0.05) is 30.3 Å². The van der Waals surface area contributed by atoms with Crippen molar-refractivity contribution in [3.8, 4) is 0 Å². The summed E-state index contributed by atoms with van der Waals surface area (Å²) in [6.45, 7) is 2.97. The maximum Gasteiger partial charge on any atom is 0.236 e. The van der Waals surface area contributed by atoms with Crippen molar-refractivity contribution in [2.75, 3.05) is 19.6 Å². The molecule has 1 fully saturated rings. The summed E-state index contributed by atoms with van der Waals surface area (Å²) in [6.07, 6.45) is 0. The van der Waals surface area contributed by atoms with Crippen molar-refractivity contribution in [1.29, 1.82) is 0 Å². The Bertz CT molecular complexity index is 337. The van der Waals surface area contributed by atoms with Crippen LogP contribution in [0.4, 0.5) is 0 Å². The molecule has 0 atom stereocenters. The number of nitrogens with zero attached hydrogens (tertiary/aromatic N) is 2. The molecule has 1 amide bonds. The van der Waals surface area contributed by atoms with Gasteiger partial charge in [-0.3, -0.25) is 9.69 Å². The molecule has 0 saturated carbocycles. The van der Waals surface area contributed by atoms with Gasteiger partial charge >= 0.3 is 0 Å². The topological polar surface area (TPSA) is 23.6 Å². The van der Waals surface area contributed by atoms with E-state index in [-0.39, 0.29) is 5.91 Å². The summed E-state index contributed by atoms with van der Waals surface area (Å²) < 4.78 is 0. The smallest absolute Gasteiger partial charge is 0.236 e. The van der Waals surface area contributed by atoms with Crippen LogP contribution >= 0.6 is 0 Å². The van der Waals surface area contributed by atoms with Crippen LogP contribution in [0.3, 0.4) is 0 Å². The minimum atomic E-state index is 0.109. The molecular formula is C12H15N2O. The van der Waals surface area contributed by atoms with E-state index in [1.54, 1.807) is 4.90 Å². The van der Waals surface area contributed by atoms with Crippen LogP contribution in [0.1, 0.15) is 5.56 Å². The first-order chi connectivity index (χ1) is 7.25. The number of carbonyl (C=O) groups excluding carboxylic acids is 1. The highest BCUT2D eigenvalue weighted by atomic mass is 16.2. The van der Waals surface area contributed by atoms with Gasteiger partial charge in [-0.2, -0.15) is 0 Å². The molecule has 1 saturated heterocycles. The number of carbonyl (C=O) groups is 1. The zero-order valence-electron chi connectivity index (χ0n) is 8.72. The molecule has 0 spiro atoms. The fourth-order valence-electron chi connectivity index (χ4n) is 1.73. The molecule has 0 aromatic heterocycles. The highest BCUT2D eigenvalue weighted by Crippen LogP contribution is 2.08. The van der Waals surface area contributed by atoms with Crippen molar-refractivity contribution in [2.24, 2.45) is 0 Å². The largest absolute Gasteiger partial charge is 0.339 e. The minimum absolute atomic E-state index is 0.109. The van der Waals surface area contributed by atoms with Gasteiger partial charge in [-0.05, 0) is 5.56 Å². The summed E-state index contributed by atoms with van der Waals surface area (Å²) >= 11 is 0. The molecule has 1 radical (unpaired) electrons. The quantitative estimate of drug-likeness (QED) is 0.719. The summed E-state index contributed by atoms with van der Waals surface area (Å²) in [4.78, 5) is 15.1. The first-order valence-corrected chi connectivity index (χ1v) is 5.13. The van der Waals surface area contributed by atoms with Crippen molar-refractivity contribution >= 4 is 5.91 Å². The molecule has 3 heteroatoms. The maximum absolute atomic E-state index is 11.4. The van der Waals surface area contributed by atoms with Gasteiger partial charge in [0, 0.05) is 26.7 Å². The molecule has 1 aliphatic rings. The van der Waals surface area contributed by atoms with E-state index in [1.165, 1.54) is 5.56 Å². The van der Waals surface area contributed by atoms with E-state index in [0.717, 1.165) is 19.6 Å². The molecule has 79 valence electrons. The lowest BCUT2D eigenvalue weighted by Crippen LogP contribution is -2.47. The van der Waals surface area contributed by atoms with E-state index in [1.807, 2.05) is 18.2 Å². The lowest BCUT2D eigenvalue weighted by Gasteiger charge is -2.31. The summed E-state index contributed by atoms with van der Waals surface area (Å²) in [5.41, 5.74) is 1.25. The fraction of sp³-hybridized carbons (Fsp3) is 0.333. The van der Waals surface area contributed by atoms with Gasteiger partial charge in [-0.25, -0.2) is 0 Å². The number of amides is 1. The molecule has 0 aliphatic carbocycles. The highest BCUT2D eigenvalue weighted by Gasteiger charge is 2.20. The Labute approximate surface area is 90.3 Å². The monoisotopic (exact) mass is 203 g/mol. The molecule has 2 rings (SSSR count). The molecule has 1 aromatic rings. The van der Waals surface area contributed by atoms with E-state index >= 15 is 0 Å². The SMILES string of the molecule is [CH2]N1CCN(Cc2ccccc2)CC1=O.